The van der Waals surface area contributed by atoms with Crippen LogP contribution >= 0.6 is 0 Å². The predicted octanol–water partition coefficient (Wildman–Crippen LogP) is 7.25. The summed E-state index contributed by atoms with van der Waals surface area (Å²) in [6, 6.07) is 0. The van der Waals surface area contributed by atoms with Crippen molar-refractivity contribution < 1.29 is 23.7 Å². The monoisotopic (exact) mass is 458 g/mol. The van der Waals surface area contributed by atoms with Crippen LogP contribution in [0.1, 0.15) is 123 Å². The Balaban J connectivity index is 3.11. The van der Waals surface area contributed by atoms with E-state index in [9.17, 15) is 4.79 Å². The van der Waals surface area contributed by atoms with Crippen molar-refractivity contribution in [2.45, 2.75) is 123 Å². The van der Waals surface area contributed by atoms with Crippen LogP contribution in [0.4, 0.5) is 0 Å². The number of unbranched alkanes of at least 4 members (excludes halogenated alkanes) is 13. The molecule has 0 heterocycles. The van der Waals surface area contributed by atoms with Gasteiger partial charge >= 0.3 is 5.97 Å². The summed E-state index contributed by atoms with van der Waals surface area (Å²) in [5, 5.41) is 0. The Labute approximate surface area is 199 Å². The van der Waals surface area contributed by atoms with E-state index in [1.807, 2.05) is 0 Å². The van der Waals surface area contributed by atoms with Crippen LogP contribution in [0.5, 0.6) is 0 Å². The first-order valence-corrected chi connectivity index (χ1v) is 13.7. The minimum absolute atomic E-state index is 0.107. The third-order valence-corrected chi connectivity index (χ3v) is 5.57. The molecule has 0 bridgehead atoms. The normalized spacial score (nSPS) is 11.2. The molecule has 0 saturated carbocycles. The number of hydrogen-bond donors (Lipinski definition) is 0. The molecule has 5 heteroatoms. The van der Waals surface area contributed by atoms with Gasteiger partial charge in [0.2, 0.25) is 0 Å². The first kappa shape index (κ1) is 31.4. The Kier molecular flexibility index (Phi) is 27.8. The zero-order valence-electron chi connectivity index (χ0n) is 21.5. The maximum absolute atomic E-state index is 11.7. The fraction of sp³-hybridized carbons (Fsp3) is 0.963. The molecule has 5 nitrogen and oxygen atoms in total. The lowest BCUT2D eigenvalue weighted by Gasteiger charge is -2.07. The van der Waals surface area contributed by atoms with Crippen LogP contribution in [0.25, 0.3) is 0 Å². The topological polar surface area (TPSA) is 54.0 Å². The van der Waals surface area contributed by atoms with Gasteiger partial charge in [0, 0.05) is 19.6 Å². The fourth-order valence-electron chi connectivity index (χ4n) is 3.52. The van der Waals surface area contributed by atoms with E-state index < -0.39 is 0 Å². The molecule has 0 unspecified atom stereocenters. The van der Waals surface area contributed by atoms with Gasteiger partial charge in [0.25, 0.3) is 0 Å². The largest absolute Gasteiger partial charge is 0.466 e. The maximum atomic E-state index is 11.7. The molecule has 192 valence electrons. The van der Waals surface area contributed by atoms with Gasteiger partial charge in [-0.25, -0.2) is 0 Å². The standard InChI is InChI=1S/C27H54O5/c1-3-5-7-9-11-13-14-16-20-29-23-25-31-26-24-30-21-18-19-27(28)32-22-17-15-12-10-8-6-4-2/h3-26H2,1-2H3. The minimum atomic E-state index is -0.107. The van der Waals surface area contributed by atoms with Gasteiger partial charge in [-0.15, -0.1) is 0 Å². The number of esters is 1. The predicted molar refractivity (Wildman–Crippen MR) is 133 cm³/mol. The van der Waals surface area contributed by atoms with E-state index in [1.54, 1.807) is 0 Å². The summed E-state index contributed by atoms with van der Waals surface area (Å²) < 4.78 is 21.9. The van der Waals surface area contributed by atoms with Crippen LogP contribution < -0.4 is 0 Å². The fourth-order valence-corrected chi connectivity index (χ4v) is 3.52. The summed E-state index contributed by atoms with van der Waals surface area (Å²) in [6.45, 7) is 8.86. The van der Waals surface area contributed by atoms with Gasteiger partial charge in [-0.05, 0) is 19.3 Å². The molecule has 0 saturated heterocycles. The Bertz CT molecular complexity index is 362. The molecule has 0 aromatic rings. The highest BCUT2D eigenvalue weighted by atomic mass is 16.5. The summed E-state index contributed by atoms with van der Waals surface area (Å²) in [4.78, 5) is 11.7. The molecule has 0 fully saturated rings. The van der Waals surface area contributed by atoms with Crippen molar-refractivity contribution in [2.75, 3.05) is 46.2 Å². The van der Waals surface area contributed by atoms with Crippen LogP contribution in [0, 0.1) is 0 Å². The molecule has 0 N–H and O–H groups in total. The lowest BCUT2D eigenvalue weighted by molar-refractivity contribution is -0.144. The Morgan fingerprint density at radius 3 is 1.31 bits per heavy atom. The van der Waals surface area contributed by atoms with Crippen molar-refractivity contribution >= 4 is 5.97 Å². The highest BCUT2D eigenvalue weighted by Gasteiger charge is 2.02. The summed E-state index contributed by atoms with van der Waals surface area (Å²) in [5.41, 5.74) is 0. The van der Waals surface area contributed by atoms with E-state index in [2.05, 4.69) is 13.8 Å². The lowest BCUT2D eigenvalue weighted by atomic mass is 10.1. The molecule has 0 atom stereocenters. The number of carbonyl (C=O) groups excluding carboxylic acids is 1. The second kappa shape index (κ2) is 28.4. The first-order valence-electron chi connectivity index (χ1n) is 13.7. The molecule has 0 aliphatic heterocycles. The number of rotatable bonds is 27. The van der Waals surface area contributed by atoms with Gasteiger partial charge in [0.15, 0.2) is 0 Å². The molecule has 0 aromatic carbocycles. The van der Waals surface area contributed by atoms with E-state index in [1.165, 1.54) is 77.0 Å². The molecule has 0 rings (SSSR count). The highest BCUT2D eigenvalue weighted by molar-refractivity contribution is 5.69. The zero-order chi connectivity index (χ0) is 23.4. The molecule has 0 radical (unpaired) electrons. The first-order chi connectivity index (χ1) is 15.8. The maximum Gasteiger partial charge on any atom is 0.305 e. The SMILES string of the molecule is CCCCCCCCCCOCCOCCOCCCC(=O)OCCCCCCCCC. The van der Waals surface area contributed by atoms with Crippen LogP contribution in [0.15, 0.2) is 0 Å². The highest BCUT2D eigenvalue weighted by Crippen LogP contribution is 2.08. The van der Waals surface area contributed by atoms with Crippen molar-refractivity contribution in [1.82, 2.24) is 0 Å². The summed E-state index contributed by atoms with van der Waals surface area (Å²) in [7, 11) is 0. The smallest absolute Gasteiger partial charge is 0.305 e. The van der Waals surface area contributed by atoms with E-state index >= 15 is 0 Å². The van der Waals surface area contributed by atoms with Crippen LogP contribution in [0.2, 0.25) is 0 Å². The lowest BCUT2D eigenvalue weighted by Crippen LogP contribution is -2.11. The molecular weight excluding hydrogens is 404 g/mol. The van der Waals surface area contributed by atoms with Gasteiger partial charge < -0.3 is 18.9 Å². The van der Waals surface area contributed by atoms with Gasteiger partial charge in [0.1, 0.15) is 0 Å². The second-order valence-electron chi connectivity index (χ2n) is 8.76. The van der Waals surface area contributed by atoms with E-state index in [0.29, 0.717) is 52.5 Å². The minimum Gasteiger partial charge on any atom is -0.466 e. The van der Waals surface area contributed by atoms with Gasteiger partial charge in [0.05, 0.1) is 33.0 Å². The van der Waals surface area contributed by atoms with Crippen molar-refractivity contribution in [2.24, 2.45) is 0 Å². The van der Waals surface area contributed by atoms with E-state index in [-0.39, 0.29) is 5.97 Å². The Morgan fingerprint density at radius 1 is 0.438 bits per heavy atom. The summed E-state index contributed by atoms with van der Waals surface area (Å²) in [6.07, 6.45) is 20.4. The Morgan fingerprint density at radius 2 is 0.812 bits per heavy atom. The third-order valence-electron chi connectivity index (χ3n) is 5.57. The molecule has 0 aliphatic rings. The number of ether oxygens (including phenoxy) is 4. The van der Waals surface area contributed by atoms with Gasteiger partial charge in [-0.2, -0.15) is 0 Å². The molecule has 0 aliphatic carbocycles. The average molecular weight is 459 g/mol. The average Bonchev–Trinajstić information content (AvgIpc) is 2.80. The quantitative estimate of drug-likeness (QED) is 0.0958. The van der Waals surface area contributed by atoms with Crippen LogP contribution in [-0.2, 0) is 23.7 Å². The van der Waals surface area contributed by atoms with Crippen LogP contribution in [0.3, 0.4) is 0 Å². The van der Waals surface area contributed by atoms with Crippen molar-refractivity contribution in [3.8, 4) is 0 Å². The zero-order valence-corrected chi connectivity index (χ0v) is 21.5. The molecular formula is C27H54O5. The molecule has 32 heavy (non-hydrogen) atoms. The second-order valence-corrected chi connectivity index (χ2v) is 8.76. The number of carbonyl (C=O) groups is 1. The van der Waals surface area contributed by atoms with Crippen molar-refractivity contribution in [3.05, 3.63) is 0 Å². The van der Waals surface area contributed by atoms with Gasteiger partial charge in [-0.1, -0.05) is 97.3 Å². The number of hydrogen-bond acceptors (Lipinski definition) is 5. The van der Waals surface area contributed by atoms with E-state index in [4.69, 9.17) is 18.9 Å². The Hall–Kier alpha value is -0.650. The molecule has 0 amide bonds. The molecule has 0 spiro atoms. The summed E-state index contributed by atoms with van der Waals surface area (Å²) >= 11 is 0. The van der Waals surface area contributed by atoms with Gasteiger partial charge in [-0.3, -0.25) is 4.79 Å². The van der Waals surface area contributed by atoms with Crippen LogP contribution in [-0.4, -0.2) is 52.2 Å². The molecule has 0 aromatic heterocycles. The van der Waals surface area contributed by atoms with Crippen molar-refractivity contribution in [1.29, 1.82) is 0 Å². The summed E-state index contributed by atoms with van der Waals surface area (Å²) in [5.74, 6) is -0.107. The third kappa shape index (κ3) is 27.4. The van der Waals surface area contributed by atoms with E-state index in [0.717, 1.165) is 25.9 Å². The van der Waals surface area contributed by atoms with Crippen molar-refractivity contribution in [3.63, 3.8) is 0 Å².